The molecule has 9 nitrogen and oxygen atoms in total. The molecule has 1 atom stereocenters. The molecule has 1 aliphatic rings. The second-order valence-electron chi connectivity index (χ2n) is 9.29. The highest BCUT2D eigenvalue weighted by Gasteiger charge is 2.47. The summed E-state index contributed by atoms with van der Waals surface area (Å²) in [5.74, 6) is -1.51. The lowest BCUT2D eigenvalue weighted by atomic mass is 9.96. The highest BCUT2D eigenvalue weighted by molar-refractivity contribution is 6.15. The summed E-state index contributed by atoms with van der Waals surface area (Å²) < 4.78 is 12.6. The lowest BCUT2D eigenvalue weighted by molar-refractivity contribution is -0.155. The zero-order valence-corrected chi connectivity index (χ0v) is 21.3. The molecule has 2 heterocycles. The van der Waals surface area contributed by atoms with Crippen LogP contribution >= 0.6 is 0 Å². The molecule has 1 aliphatic heterocycles. The number of rotatable bonds is 5. The highest BCUT2D eigenvalue weighted by Crippen LogP contribution is 2.40. The lowest BCUT2D eigenvalue weighted by Gasteiger charge is -2.37. The van der Waals surface area contributed by atoms with Gasteiger partial charge in [-0.1, -0.05) is 6.07 Å². The Balaban J connectivity index is 1.81. The third-order valence-electron chi connectivity index (χ3n) is 7.02. The second-order valence-corrected chi connectivity index (χ2v) is 9.29. The number of carbonyl (C=O) groups excluding carboxylic acids is 1. The van der Waals surface area contributed by atoms with Crippen LogP contribution < -0.4 is 19.8 Å². The molecule has 0 fully saturated rings. The number of carboxylic acids is 1. The minimum absolute atomic E-state index is 0.0359. The maximum Gasteiger partial charge on any atom is 0.362 e. The first kappa shape index (κ1) is 25.0. The molecule has 1 aromatic heterocycles. The third kappa shape index (κ3) is 3.79. The number of hydrogen-bond donors (Lipinski definition) is 2. The van der Waals surface area contributed by atoms with Gasteiger partial charge in [0.25, 0.3) is 5.72 Å². The number of hydrogen-bond acceptors (Lipinski definition) is 6. The number of aromatic nitrogens is 1. The molecule has 38 heavy (non-hydrogen) atoms. The van der Waals surface area contributed by atoms with Gasteiger partial charge in [-0.15, -0.1) is 0 Å². The quantitative estimate of drug-likeness (QED) is 0.419. The predicted octanol–water partition coefficient (Wildman–Crippen LogP) is 3.39. The van der Waals surface area contributed by atoms with Crippen molar-refractivity contribution in [1.29, 1.82) is 0 Å². The van der Waals surface area contributed by atoms with Crippen LogP contribution in [0.2, 0.25) is 0 Å². The van der Waals surface area contributed by atoms with E-state index in [0.717, 1.165) is 21.9 Å². The van der Waals surface area contributed by atoms with Crippen LogP contribution in [-0.2, 0) is 23.1 Å². The van der Waals surface area contributed by atoms with Crippen LogP contribution in [0.3, 0.4) is 0 Å². The minimum atomic E-state index is -2.73. The number of aryl methyl sites for hydroxylation is 2. The van der Waals surface area contributed by atoms with Crippen molar-refractivity contribution in [1.82, 2.24) is 4.57 Å². The number of carboxylic acid groups (broad SMARTS) is 1. The van der Waals surface area contributed by atoms with Gasteiger partial charge in [-0.25, -0.2) is 4.79 Å². The van der Waals surface area contributed by atoms with Gasteiger partial charge in [-0.3, -0.25) is 14.5 Å². The number of aliphatic carboxylic acids is 1. The van der Waals surface area contributed by atoms with Gasteiger partial charge in [-0.2, -0.15) is 0 Å². The van der Waals surface area contributed by atoms with Gasteiger partial charge in [0.1, 0.15) is 11.5 Å². The molecule has 5 rings (SSSR count). The fourth-order valence-corrected chi connectivity index (χ4v) is 5.02. The molecule has 2 N–H and O–H groups in total. The molecule has 4 aromatic rings. The maximum absolute atomic E-state index is 14.0. The van der Waals surface area contributed by atoms with E-state index in [9.17, 15) is 24.6 Å². The summed E-state index contributed by atoms with van der Waals surface area (Å²) in [7, 11) is 4.84. The normalized spacial score (nSPS) is 16.5. The average Bonchev–Trinajstić information content (AvgIpc) is 3.22. The number of carbonyl (C=O) groups is 2. The van der Waals surface area contributed by atoms with Crippen LogP contribution in [0, 0.1) is 6.92 Å². The van der Waals surface area contributed by atoms with Crippen LogP contribution in [-0.4, -0.2) is 46.6 Å². The molecule has 0 bridgehead atoms. The van der Waals surface area contributed by atoms with Crippen molar-refractivity contribution in [2.24, 2.45) is 7.05 Å². The van der Waals surface area contributed by atoms with E-state index in [1.54, 1.807) is 25.1 Å². The van der Waals surface area contributed by atoms with Crippen molar-refractivity contribution in [3.8, 4) is 11.5 Å². The Bertz CT molecular complexity index is 1740. The Kier molecular flexibility index (Phi) is 5.95. The van der Waals surface area contributed by atoms with Crippen LogP contribution in [0.1, 0.15) is 16.7 Å². The molecule has 0 spiro atoms. The number of nitrogens with zero attached hydrogens (tertiary/aromatic N) is 2. The smallest absolute Gasteiger partial charge is 0.362 e. The third-order valence-corrected chi connectivity index (χ3v) is 7.02. The Morgan fingerprint density at radius 1 is 1.03 bits per heavy atom. The summed E-state index contributed by atoms with van der Waals surface area (Å²) in [5.41, 5.74) is -0.977. The Hall–Kier alpha value is -4.63. The summed E-state index contributed by atoms with van der Waals surface area (Å²) in [5, 5.41) is 23.4. The van der Waals surface area contributed by atoms with Gasteiger partial charge in [0.2, 0.25) is 5.91 Å². The summed E-state index contributed by atoms with van der Waals surface area (Å²) in [6.45, 7) is 1.78. The van der Waals surface area contributed by atoms with E-state index in [1.807, 2.05) is 36.0 Å². The standard InChI is InChI=1S/C29H26N2O7/c1-16-11-24(32)20-7-9-29(36,28(34)35)31(26(33)13-18-5-6-19(37-3)14-25(18)38-4)27(20)22-12-17-8-10-30(2)23(17)15-21(16)22/h5-12,14-15,36H,13H2,1-4H3,(H,34,35). The van der Waals surface area contributed by atoms with Gasteiger partial charge in [0, 0.05) is 46.7 Å². The summed E-state index contributed by atoms with van der Waals surface area (Å²) >= 11 is 0. The van der Waals surface area contributed by atoms with Crippen molar-refractivity contribution in [2.75, 3.05) is 19.1 Å². The molecule has 3 aromatic carbocycles. The van der Waals surface area contributed by atoms with E-state index in [4.69, 9.17) is 9.47 Å². The summed E-state index contributed by atoms with van der Waals surface area (Å²) in [6, 6.07) is 11.9. The van der Waals surface area contributed by atoms with Crippen LogP contribution in [0.25, 0.3) is 27.8 Å². The van der Waals surface area contributed by atoms with E-state index >= 15 is 0 Å². The number of anilines is 1. The van der Waals surface area contributed by atoms with Crippen LogP contribution in [0.15, 0.2) is 59.5 Å². The number of fused-ring (bicyclic) bond motifs is 4. The Labute approximate surface area is 217 Å². The topological polar surface area (TPSA) is 118 Å². The van der Waals surface area contributed by atoms with Crippen molar-refractivity contribution in [3.05, 3.63) is 81.7 Å². The Morgan fingerprint density at radius 3 is 2.47 bits per heavy atom. The highest BCUT2D eigenvalue weighted by atomic mass is 16.5. The zero-order chi connectivity index (χ0) is 27.4. The number of amides is 1. The first-order chi connectivity index (χ1) is 18.1. The number of methoxy groups -OCH3 is 2. The molecule has 0 saturated heterocycles. The van der Waals surface area contributed by atoms with Crippen LogP contribution in [0.4, 0.5) is 5.69 Å². The minimum Gasteiger partial charge on any atom is -0.497 e. The summed E-state index contributed by atoms with van der Waals surface area (Å²) in [6.07, 6.45) is 3.82. The van der Waals surface area contributed by atoms with E-state index in [2.05, 4.69) is 0 Å². The van der Waals surface area contributed by atoms with Gasteiger partial charge >= 0.3 is 5.97 Å². The SMILES string of the molecule is COc1ccc(CC(=O)N2c3c(c(=O)cc(C)c4cc5c(ccn5C)cc34)C=CC2(O)C(=O)O)c(OC)c1. The molecular formula is C29H26N2O7. The molecule has 9 heteroatoms. The lowest BCUT2D eigenvalue weighted by Crippen LogP contribution is -2.58. The van der Waals surface area contributed by atoms with Gasteiger partial charge < -0.3 is 24.3 Å². The van der Waals surface area contributed by atoms with E-state index < -0.39 is 23.0 Å². The molecular weight excluding hydrogens is 488 g/mol. The fourth-order valence-electron chi connectivity index (χ4n) is 5.02. The first-order valence-electron chi connectivity index (χ1n) is 11.8. The van der Waals surface area contributed by atoms with E-state index in [0.29, 0.717) is 33.4 Å². The molecule has 1 unspecified atom stereocenters. The molecule has 0 aliphatic carbocycles. The molecule has 194 valence electrons. The van der Waals surface area contributed by atoms with Gasteiger partial charge in [0.15, 0.2) is 5.43 Å². The molecule has 0 saturated carbocycles. The van der Waals surface area contributed by atoms with Gasteiger partial charge in [0.05, 0.1) is 26.3 Å². The van der Waals surface area contributed by atoms with E-state index in [1.165, 1.54) is 26.4 Å². The maximum atomic E-state index is 14.0. The average molecular weight is 515 g/mol. The first-order valence-corrected chi connectivity index (χ1v) is 11.8. The molecule has 1 amide bonds. The van der Waals surface area contributed by atoms with Gasteiger partial charge in [-0.05, 0) is 60.4 Å². The van der Waals surface area contributed by atoms with Crippen molar-refractivity contribution < 1.29 is 29.3 Å². The number of benzene rings is 2. The Morgan fingerprint density at radius 2 is 1.79 bits per heavy atom. The predicted molar refractivity (Wildman–Crippen MR) is 144 cm³/mol. The number of ether oxygens (including phenoxy) is 2. The molecule has 0 radical (unpaired) electrons. The number of aliphatic hydroxyl groups is 1. The zero-order valence-electron chi connectivity index (χ0n) is 21.3. The summed E-state index contributed by atoms with van der Waals surface area (Å²) in [4.78, 5) is 40.5. The van der Waals surface area contributed by atoms with Crippen molar-refractivity contribution in [3.63, 3.8) is 0 Å². The largest absolute Gasteiger partial charge is 0.497 e. The fraction of sp³-hybridized carbons (Fsp3) is 0.207. The van der Waals surface area contributed by atoms with Crippen LogP contribution in [0.5, 0.6) is 11.5 Å². The van der Waals surface area contributed by atoms with Crippen molar-refractivity contribution >= 4 is 45.3 Å². The van der Waals surface area contributed by atoms with Crippen molar-refractivity contribution in [2.45, 2.75) is 19.1 Å². The second kappa shape index (κ2) is 9.04. The monoisotopic (exact) mass is 514 g/mol. The van der Waals surface area contributed by atoms with E-state index in [-0.39, 0.29) is 17.7 Å².